The van der Waals surface area contributed by atoms with Crippen molar-refractivity contribution >= 4 is 0 Å². The largest absolute Gasteiger partial charge is 0.276 e. The third-order valence-electron chi connectivity index (χ3n) is 6.32. The Kier molecular flexibility index (Phi) is 5.22. The van der Waals surface area contributed by atoms with Crippen LogP contribution in [0, 0.1) is 35.3 Å². The van der Waals surface area contributed by atoms with Crippen molar-refractivity contribution in [3.63, 3.8) is 0 Å². The van der Waals surface area contributed by atoms with E-state index < -0.39 is 29.0 Å². The molecule has 1 aromatic carbocycles. The summed E-state index contributed by atoms with van der Waals surface area (Å²) in [4.78, 5) is 0. The Bertz CT molecular complexity index is 553. The van der Waals surface area contributed by atoms with Crippen LogP contribution in [0.25, 0.3) is 0 Å². The molecule has 0 amide bonds. The van der Waals surface area contributed by atoms with Crippen LogP contribution in [-0.2, 0) is 5.92 Å². The fraction of sp³-hybridized carbons (Fsp3) is 0.700. The second-order valence-corrected chi connectivity index (χ2v) is 7.88. The number of rotatable bonds is 3. The smallest absolute Gasteiger partial charge is 0.204 e. The van der Waals surface area contributed by atoms with Gasteiger partial charge in [-0.05, 0) is 74.5 Å². The molecule has 0 aliphatic heterocycles. The molecule has 2 fully saturated rings. The Morgan fingerprint density at radius 3 is 1.88 bits per heavy atom. The van der Waals surface area contributed by atoms with Crippen LogP contribution >= 0.6 is 0 Å². The standard InChI is InChI=1S/C20H26F4/c1-13-2-4-14(5-3-13)15-6-8-16(9-7-15)20(23,24)17-10-11-18(21)19(22)12-17/h10-16H,2-9H2,1H3. The van der Waals surface area contributed by atoms with Crippen LogP contribution in [0.3, 0.4) is 0 Å². The molecule has 1 aromatic rings. The Morgan fingerprint density at radius 2 is 1.33 bits per heavy atom. The summed E-state index contributed by atoms with van der Waals surface area (Å²) in [6.45, 7) is 2.29. The Morgan fingerprint density at radius 1 is 0.792 bits per heavy atom. The Labute approximate surface area is 141 Å². The van der Waals surface area contributed by atoms with Crippen LogP contribution in [0.15, 0.2) is 18.2 Å². The van der Waals surface area contributed by atoms with Gasteiger partial charge in [0.1, 0.15) is 0 Å². The first-order chi connectivity index (χ1) is 11.4. The lowest BCUT2D eigenvalue weighted by Gasteiger charge is -2.39. The van der Waals surface area contributed by atoms with E-state index in [-0.39, 0.29) is 0 Å². The lowest BCUT2D eigenvalue weighted by Crippen LogP contribution is -2.32. The van der Waals surface area contributed by atoms with Gasteiger partial charge in [0.2, 0.25) is 0 Å². The highest BCUT2D eigenvalue weighted by Crippen LogP contribution is 2.48. The predicted octanol–water partition coefficient (Wildman–Crippen LogP) is 6.69. The molecule has 0 saturated heterocycles. The molecule has 0 heterocycles. The minimum Gasteiger partial charge on any atom is -0.204 e. The van der Waals surface area contributed by atoms with Gasteiger partial charge in [0.15, 0.2) is 11.6 Å². The van der Waals surface area contributed by atoms with Gasteiger partial charge in [-0.3, -0.25) is 0 Å². The van der Waals surface area contributed by atoms with E-state index in [0.717, 1.165) is 30.9 Å². The summed E-state index contributed by atoms with van der Waals surface area (Å²) in [6, 6.07) is 2.48. The molecule has 0 bridgehead atoms. The van der Waals surface area contributed by atoms with Gasteiger partial charge in [-0.1, -0.05) is 19.8 Å². The molecule has 2 saturated carbocycles. The summed E-state index contributed by atoms with van der Waals surface area (Å²) in [5.74, 6) is -4.06. The van der Waals surface area contributed by atoms with Crippen molar-refractivity contribution in [3.05, 3.63) is 35.4 Å². The summed E-state index contributed by atoms with van der Waals surface area (Å²) >= 11 is 0. The topological polar surface area (TPSA) is 0 Å². The molecule has 24 heavy (non-hydrogen) atoms. The molecule has 0 nitrogen and oxygen atoms in total. The van der Waals surface area contributed by atoms with E-state index in [2.05, 4.69) is 6.92 Å². The van der Waals surface area contributed by atoms with E-state index in [1.165, 1.54) is 25.7 Å². The van der Waals surface area contributed by atoms with Crippen LogP contribution in [0.4, 0.5) is 17.6 Å². The minimum atomic E-state index is -3.08. The van der Waals surface area contributed by atoms with Crippen LogP contribution < -0.4 is 0 Å². The quantitative estimate of drug-likeness (QED) is 0.537. The molecule has 0 unspecified atom stereocenters. The molecule has 0 aromatic heterocycles. The second-order valence-electron chi connectivity index (χ2n) is 7.88. The van der Waals surface area contributed by atoms with Crippen molar-refractivity contribution < 1.29 is 17.6 Å². The zero-order chi connectivity index (χ0) is 17.3. The fourth-order valence-corrected chi connectivity index (χ4v) is 4.65. The van der Waals surface area contributed by atoms with Gasteiger partial charge in [0.05, 0.1) is 0 Å². The molecular formula is C20H26F4. The van der Waals surface area contributed by atoms with Crippen LogP contribution in [-0.4, -0.2) is 0 Å². The van der Waals surface area contributed by atoms with Gasteiger partial charge in [-0.2, -0.15) is 0 Å². The van der Waals surface area contributed by atoms with Gasteiger partial charge >= 0.3 is 0 Å². The number of benzene rings is 1. The number of halogens is 4. The highest BCUT2D eigenvalue weighted by molar-refractivity contribution is 5.23. The molecule has 0 N–H and O–H groups in total. The molecule has 2 aliphatic rings. The van der Waals surface area contributed by atoms with Crippen LogP contribution in [0.1, 0.15) is 63.9 Å². The second kappa shape index (κ2) is 7.05. The number of hydrogen-bond donors (Lipinski definition) is 0. The minimum absolute atomic E-state index is 0.392. The van der Waals surface area contributed by atoms with E-state index in [9.17, 15) is 17.6 Å². The highest BCUT2D eigenvalue weighted by Gasteiger charge is 2.44. The summed E-state index contributed by atoms with van der Waals surface area (Å²) in [6.07, 6.45) is 7.61. The molecule has 0 atom stereocenters. The van der Waals surface area contributed by atoms with Gasteiger partial charge in [0, 0.05) is 11.5 Å². The normalized spacial score (nSPS) is 31.9. The van der Waals surface area contributed by atoms with E-state index in [1.807, 2.05) is 0 Å². The third-order valence-corrected chi connectivity index (χ3v) is 6.32. The van der Waals surface area contributed by atoms with Crippen LogP contribution in [0.5, 0.6) is 0 Å². The van der Waals surface area contributed by atoms with Crippen molar-refractivity contribution in [2.45, 2.75) is 64.2 Å². The molecule has 3 rings (SSSR count). The van der Waals surface area contributed by atoms with Crippen molar-refractivity contribution in [2.75, 3.05) is 0 Å². The monoisotopic (exact) mass is 342 g/mol. The maximum Gasteiger partial charge on any atom is 0.276 e. The lowest BCUT2D eigenvalue weighted by atomic mass is 9.68. The third kappa shape index (κ3) is 3.62. The van der Waals surface area contributed by atoms with Crippen molar-refractivity contribution in [1.29, 1.82) is 0 Å². The Balaban J connectivity index is 1.61. The SMILES string of the molecule is CC1CCC(C2CCC(C(F)(F)c3ccc(F)c(F)c3)CC2)CC1. The summed E-state index contributed by atoms with van der Waals surface area (Å²) in [7, 11) is 0. The lowest BCUT2D eigenvalue weighted by molar-refractivity contribution is -0.0855. The highest BCUT2D eigenvalue weighted by atomic mass is 19.3. The number of alkyl halides is 2. The van der Waals surface area contributed by atoms with Gasteiger partial charge in [-0.15, -0.1) is 0 Å². The van der Waals surface area contributed by atoms with Gasteiger partial charge in [0.25, 0.3) is 5.92 Å². The fourth-order valence-electron chi connectivity index (χ4n) is 4.65. The van der Waals surface area contributed by atoms with Crippen molar-refractivity contribution in [1.82, 2.24) is 0 Å². The van der Waals surface area contributed by atoms with E-state index >= 15 is 0 Å². The summed E-state index contributed by atoms with van der Waals surface area (Å²) in [5, 5.41) is 0. The predicted molar refractivity (Wildman–Crippen MR) is 86.8 cm³/mol. The molecule has 4 heteroatoms. The van der Waals surface area contributed by atoms with E-state index in [1.54, 1.807) is 0 Å². The molecule has 0 spiro atoms. The molecular weight excluding hydrogens is 316 g/mol. The Hall–Kier alpha value is -1.06. The van der Waals surface area contributed by atoms with E-state index in [0.29, 0.717) is 30.7 Å². The number of hydrogen-bond acceptors (Lipinski definition) is 0. The molecule has 2 aliphatic carbocycles. The van der Waals surface area contributed by atoms with Gasteiger partial charge in [-0.25, -0.2) is 17.6 Å². The maximum absolute atomic E-state index is 14.7. The van der Waals surface area contributed by atoms with Crippen LogP contribution in [0.2, 0.25) is 0 Å². The van der Waals surface area contributed by atoms with Crippen molar-refractivity contribution in [3.8, 4) is 0 Å². The zero-order valence-corrected chi connectivity index (χ0v) is 14.2. The summed E-state index contributed by atoms with van der Waals surface area (Å²) < 4.78 is 55.7. The maximum atomic E-state index is 14.7. The first-order valence-electron chi connectivity index (χ1n) is 9.21. The zero-order valence-electron chi connectivity index (χ0n) is 14.2. The average Bonchev–Trinajstić information content (AvgIpc) is 2.58. The van der Waals surface area contributed by atoms with Crippen molar-refractivity contribution in [2.24, 2.45) is 23.7 Å². The summed E-state index contributed by atoms with van der Waals surface area (Å²) in [5.41, 5.74) is -0.392. The molecule has 134 valence electrons. The average molecular weight is 342 g/mol. The molecule has 0 radical (unpaired) electrons. The first-order valence-corrected chi connectivity index (χ1v) is 9.21. The van der Waals surface area contributed by atoms with Gasteiger partial charge < -0.3 is 0 Å². The van der Waals surface area contributed by atoms with E-state index in [4.69, 9.17) is 0 Å². The first kappa shape index (κ1) is 17.8.